The van der Waals surface area contributed by atoms with Crippen LogP contribution in [0.4, 0.5) is 0 Å². The van der Waals surface area contributed by atoms with Crippen molar-refractivity contribution in [2.24, 2.45) is 17.3 Å². The summed E-state index contributed by atoms with van der Waals surface area (Å²) in [6.45, 7) is 6.28. The summed E-state index contributed by atoms with van der Waals surface area (Å²) in [6.07, 6.45) is 4.30. The molecule has 0 aromatic rings. The van der Waals surface area contributed by atoms with Crippen molar-refractivity contribution in [2.45, 2.75) is 26.2 Å². The zero-order valence-corrected chi connectivity index (χ0v) is 9.84. The number of hydrogen-bond donors (Lipinski definition) is 1. The Morgan fingerprint density at radius 1 is 1.36 bits per heavy atom. The third-order valence-electron chi connectivity index (χ3n) is 4.55. The molecule has 2 fully saturated rings. The van der Waals surface area contributed by atoms with Gasteiger partial charge in [-0.15, -0.1) is 0 Å². The molecule has 1 N–H and O–H groups in total. The van der Waals surface area contributed by atoms with Gasteiger partial charge in [0.05, 0.1) is 0 Å². The Balaban J connectivity index is 1.93. The molecule has 0 aromatic carbocycles. The maximum Gasteiger partial charge on any atom is 0.00101 e. The standard InChI is InChI=1S/C12H24N2/c1-10-8-12(10,9-13-2)11-4-6-14(3)7-5-11/h10-11,13H,4-9H2,1-3H3. The summed E-state index contributed by atoms with van der Waals surface area (Å²) in [4.78, 5) is 2.47. The molecule has 1 saturated heterocycles. The van der Waals surface area contributed by atoms with Crippen molar-refractivity contribution in [3.8, 4) is 0 Å². The molecule has 1 heterocycles. The summed E-state index contributed by atoms with van der Waals surface area (Å²) in [5, 5.41) is 3.40. The van der Waals surface area contributed by atoms with E-state index in [9.17, 15) is 0 Å². The first kappa shape index (κ1) is 10.4. The van der Waals surface area contributed by atoms with Crippen molar-refractivity contribution in [3.05, 3.63) is 0 Å². The molecule has 0 spiro atoms. The second-order valence-corrected chi connectivity index (χ2v) is 5.45. The highest BCUT2D eigenvalue weighted by atomic mass is 15.1. The van der Waals surface area contributed by atoms with Gasteiger partial charge in [-0.3, -0.25) is 0 Å². The zero-order valence-electron chi connectivity index (χ0n) is 9.84. The van der Waals surface area contributed by atoms with Gasteiger partial charge in [-0.25, -0.2) is 0 Å². The van der Waals surface area contributed by atoms with Crippen LogP contribution >= 0.6 is 0 Å². The van der Waals surface area contributed by atoms with Crippen LogP contribution in [-0.2, 0) is 0 Å². The van der Waals surface area contributed by atoms with Crippen LogP contribution in [0.3, 0.4) is 0 Å². The van der Waals surface area contributed by atoms with Crippen LogP contribution in [0.15, 0.2) is 0 Å². The second-order valence-electron chi connectivity index (χ2n) is 5.45. The van der Waals surface area contributed by atoms with E-state index in [1.807, 2.05) is 0 Å². The molecule has 0 amide bonds. The highest BCUT2D eigenvalue weighted by Gasteiger charge is 2.55. The Bertz CT molecular complexity index is 196. The lowest BCUT2D eigenvalue weighted by Crippen LogP contribution is -2.38. The van der Waals surface area contributed by atoms with Crippen molar-refractivity contribution in [1.82, 2.24) is 10.2 Å². The highest BCUT2D eigenvalue weighted by Crippen LogP contribution is 2.59. The SMILES string of the molecule is CNCC1(C2CCN(C)CC2)CC1C. The van der Waals surface area contributed by atoms with E-state index in [1.165, 1.54) is 38.9 Å². The largest absolute Gasteiger partial charge is 0.319 e. The van der Waals surface area contributed by atoms with E-state index in [0.717, 1.165) is 11.8 Å². The van der Waals surface area contributed by atoms with Gasteiger partial charge in [0.1, 0.15) is 0 Å². The van der Waals surface area contributed by atoms with Gasteiger partial charge < -0.3 is 10.2 Å². The molecule has 2 heteroatoms. The minimum Gasteiger partial charge on any atom is -0.319 e. The summed E-state index contributed by atoms with van der Waals surface area (Å²) in [5.74, 6) is 1.95. The minimum atomic E-state index is 0.677. The number of nitrogens with zero attached hydrogens (tertiary/aromatic N) is 1. The molecular formula is C12H24N2. The van der Waals surface area contributed by atoms with Gasteiger partial charge >= 0.3 is 0 Å². The third-order valence-corrected chi connectivity index (χ3v) is 4.55. The van der Waals surface area contributed by atoms with E-state index in [1.54, 1.807) is 0 Å². The lowest BCUT2D eigenvalue weighted by Gasteiger charge is -2.35. The predicted molar refractivity (Wildman–Crippen MR) is 60.4 cm³/mol. The Labute approximate surface area is 88.1 Å². The fourth-order valence-corrected chi connectivity index (χ4v) is 3.38. The van der Waals surface area contributed by atoms with E-state index in [-0.39, 0.29) is 0 Å². The number of likely N-dealkylation sites (tertiary alicyclic amines) is 1. The van der Waals surface area contributed by atoms with Gasteiger partial charge in [0.2, 0.25) is 0 Å². The maximum absolute atomic E-state index is 3.40. The molecule has 1 saturated carbocycles. The van der Waals surface area contributed by atoms with E-state index >= 15 is 0 Å². The highest BCUT2D eigenvalue weighted by molar-refractivity contribution is 5.06. The van der Waals surface area contributed by atoms with Crippen LogP contribution in [0.2, 0.25) is 0 Å². The minimum absolute atomic E-state index is 0.677. The van der Waals surface area contributed by atoms with Crippen LogP contribution in [-0.4, -0.2) is 38.6 Å². The first-order valence-corrected chi connectivity index (χ1v) is 6.02. The zero-order chi connectivity index (χ0) is 10.2. The lowest BCUT2D eigenvalue weighted by atomic mass is 9.80. The average molecular weight is 196 g/mol. The monoisotopic (exact) mass is 196 g/mol. The van der Waals surface area contributed by atoms with Crippen LogP contribution in [0.1, 0.15) is 26.2 Å². The van der Waals surface area contributed by atoms with Crippen LogP contribution in [0, 0.1) is 17.3 Å². The lowest BCUT2D eigenvalue weighted by molar-refractivity contribution is 0.148. The Morgan fingerprint density at radius 3 is 2.36 bits per heavy atom. The van der Waals surface area contributed by atoms with Crippen molar-refractivity contribution >= 4 is 0 Å². The van der Waals surface area contributed by atoms with E-state index in [2.05, 4.69) is 31.2 Å². The molecule has 0 aromatic heterocycles. The van der Waals surface area contributed by atoms with Gasteiger partial charge in [-0.2, -0.15) is 0 Å². The van der Waals surface area contributed by atoms with Crippen LogP contribution in [0.25, 0.3) is 0 Å². The summed E-state index contributed by atoms with van der Waals surface area (Å²) < 4.78 is 0. The summed E-state index contributed by atoms with van der Waals surface area (Å²) >= 11 is 0. The molecular weight excluding hydrogens is 172 g/mol. The Morgan fingerprint density at radius 2 is 1.93 bits per heavy atom. The van der Waals surface area contributed by atoms with Gasteiger partial charge in [0, 0.05) is 6.54 Å². The van der Waals surface area contributed by atoms with Crippen molar-refractivity contribution in [1.29, 1.82) is 0 Å². The predicted octanol–water partition coefficient (Wildman–Crippen LogP) is 1.57. The molecule has 2 atom stereocenters. The number of piperidine rings is 1. The molecule has 2 rings (SSSR count). The van der Waals surface area contributed by atoms with E-state index < -0.39 is 0 Å². The molecule has 2 nitrogen and oxygen atoms in total. The summed E-state index contributed by atoms with van der Waals surface area (Å²) in [7, 11) is 4.35. The normalized spacial score (nSPS) is 40.1. The van der Waals surface area contributed by atoms with Gasteiger partial charge in [-0.05, 0) is 63.7 Å². The third kappa shape index (κ3) is 1.70. The topological polar surface area (TPSA) is 15.3 Å². The van der Waals surface area contributed by atoms with E-state index in [4.69, 9.17) is 0 Å². The van der Waals surface area contributed by atoms with Gasteiger partial charge in [-0.1, -0.05) is 6.92 Å². The molecule has 0 radical (unpaired) electrons. The summed E-state index contributed by atoms with van der Waals surface area (Å²) in [5.41, 5.74) is 0.677. The smallest absolute Gasteiger partial charge is 0.00101 e. The molecule has 1 aliphatic carbocycles. The summed E-state index contributed by atoms with van der Waals surface area (Å²) in [6, 6.07) is 0. The van der Waals surface area contributed by atoms with Crippen molar-refractivity contribution in [2.75, 3.05) is 33.7 Å². The van der Waals surface area contributed by atoms with E-state index in [0.29, 0.717) is 5.41 Å². The molecule has 2 aliphatic rings. The molecule has 1 aliphatic heterocycles. The quantitative estimate of drug-likeness (QED) is 0.737. The first-order valence-electron chi connectivity index (χ1n) is 6.02. The first-order chi connectivity index (χ1) is 6.69. The molecule has 0 bridgehead atoms. The Hall–Kier alpha value is -0.0800. The molecule has 14 heavy (non-hydrogen) atoms. The second kappa shape index (κ2) is 3.82. The van der Waals surface area contributed by atoms with Crippen molar-refractivity contribution in [3.63, 3.8) is 0 Å². The van der Waals surface area contributed by atoms with Crippen molar-refractivity contribution < 1.29 is 0 Å². The number of hydrogen-bond acceptors (Lipinski definition) is 2. The fourth-order valence-electron chi connectivity index (χ4n) is 3.38. The molecule has 82 valence electrons. The number of rotatable bonds is 3. The van der Waals surface area contributed by atoms with Crippen LogP contribution < -0.4 is 5.32 Å². The number of nitrogens with one attached hydrogen (secondary N) is 1. The van der Waals surface area contributed by atoms with Crippen LogP contribution in [0.5, 0.6) is 0 Å². The van der Waals surface area contributed by atoms with Gasteiger partial charge in [0.25, 0.3) is 0 Å². The Kier molecular flexibility index (Phi) is 2.85. The fraction of sp³-hybridized carbons (Fsp3) is 1.00. The molecule has 2 unspecified atom stereocenters. The average Bonchev–Trinajstić information content (AvgIpc) is 2.79. The van der Waals surface area contributed by atoms with Gasteiger partial charge in [0.15, 0.2) is 0 Å². The maximum atomic E-state index is 3.40.